The molecule has 220 valence electrons. The van der Waals surface area contributed by atoms with Gasteiger partial charge in [0.05, 0.1) is 12.7 Å². The number of aliphatic hydroxyl groups excluding tert-OH is 1. The van der Waals surface area contributed by atoms with Crippen molar-refractivity contribution in [3.05, 3.63) is 11.6 Å². The molecule has 0 saturated heterocycles. The third-order valence-corrected chi connectivity index (χ3v) is 12.0. The van der Waals surface area contributed by atoms with Crippen molar-refractivity contribution in [2.24, 2.45) is 46.3 Å². The minimum Gasteiger partial charge on any atom is -0.726 e. The van der Waals surface area contributed by atoms with Crippen molar-refractivity contribution in [1.29, 1.82) is 0 Å². The summed E-state index contributed by atoms with van der Waals surface area (Å²) in [6, 6.07) is 0. The molecule has 0 spiro atoms. The van der Waals surface area contributed by atoms with Gasteiger partial charge in [-0.1, -0.05) is 25.5 Å². The number of aliphatic hydroxyl groups is 1. The summed E-state index contributed by atoms with van der Waals surface area (Å²) in [5, 5.41) is 10.8. The van der Waals surface area contributed by atoms with Crippen molar-refractivity contribution in [2.75, 3.05) is 6.61 Å². The molecule has 40 heavy (non-hydrogen) atoms. The Morgan fingerprint density at radius 3 is 2.23 bits per heavy atom. The van der Waals surface area contributed by atoms with E-state index in [-0.39, 0.29) is 94.3 Å². The van der Waals surface area contributed by atoms with Crippen molar-refractivity contribution in [3.8, 4) is 0 Å². The average Bonchev–Trinajstić information content (AvgIpc) is 3.12. The van der Waals surface area contributed by atoms with Crippen LogP contribution in [0.25, 0.3) is 0 Å². The van der Waals surface area contributed by atoms with Crippen molar-refractivity contribution in [1.82, 2.24) is 0 Å². The van der Waals surface area contributed by atoms with Gasteiger partial charge in [-0.15, -0.1) is 0 Å². The van der Waals surface area contributed by atoms with Gasteiger partial charge in [0, 0.05) is 0 Å². The number of rotatable bonds is 9. The Hall–Kier alpha value is 1.44. The summed E-state index contributed by atoms with van der Waals surface area (Å²) >= 11 is 0. The van der Waals surface area contributed by atoms with Crippen LogP contribution in [-0.4, -0.2) is 49.9 Å². The van der Waals surface area contributed by atoms with Crippen LogP contribution >= 0.6 is 0 Å². The van der Waals surface area contributed by atoms with E-state index in [2.05, 4.69) is 19.9 Å². The van der Waals surface area contributed by atoms with E-state index in [1.54, 1.807) is 0 Å². The van der Waals surface area contributed by atoms with Crippen LogP contribution in [0.1, 0.15) is 91.9 Å². The summed E-state index contributed by atoms with van der Waals surface area (Å²) in [4.78, 5) is 0. The molecule has 4 rings (SSSR count). The van der Waals surface area contributed by atoms with Crippen LogP contribution in [0.2, 0.25) is 0 Å². The first kappa shape index (κ1) is 37.6. The van der Waals surface area contributed by atoms with Crippen LogP contribution in [0, 0.1) is 46.3 Å². The quantitative estimate of drug-likeness (QED) is 0.137. The van der Waals surface area contributed by atoms with Crippen molar-refractivity contribution >= 4 is 20.8 Å². The summed E-state index contributed by atoms with van der Waals surface area (Å²) in [6.07, 6.45) is 8.49. The van der Waals surface area contributed by atoms with Crippen LogP contribution in [0.4, 0.5) is 0 Å². The van der Waals surface area contributed by atoms with Gasteiger partial charge < -0.3 is 14.2 Å². The molecule has 0 heterocycles. The van der Waals surface area contributed by atoms with Crippen LogP contribution in [0.15, 0.2) is 11.6 Å². The summed E-state index contributed by atoms with van der Waals surface area (Å²) in [5.74, 6) is 1.76. The Morgan fingerprint density at radius 1 is 0.975 bits per heavy atom. The third kappa shape index (κ3) is 8.37. The number of hydrogen-bond donors (Lipinski definition) is 1. The largest absolute Gasteiger partial charge is 1.00 e. The summed E-state index contributed by atoms with van der Waals surface area (Å²) in [5.41, 5.74) is 1.07. The van der Waals surface area contributed by atoms with Crippen LogP contribution in [-0.2, 0) is 29.2 Å². The Morgan fingerprint density at radius 2 is 1.62 bits per heavy atom. The van der Waals surface area contributed by atoms with Gasteiger partial charge in [-0.2, -0.15) is 0 Å². The molecule has 0 bridgehead atoms. The second-order valence-corrected chi connectivity index (χ2v) is 15.3. The van der Waals surface area contributed by atoms with E-state index >= 15 is 0 Å². The van der Waals surface area contributed by atoms with Gasteiger partial charge in [0.15, 0.2) is 0 Å². The first-order valence-corrected chi connectivity index (χ1v) is 16.8. The minimum absolute atomic E-state index is 0. The predicted octanol–water partition coefficient (Wildman–Crippen LogP) is -1.69. The first-order valence-electron chi connectivity index (χ1n) is 14.1. The van der Waals surface area contributed by atoms with E-state index < -0.39 is 33.0 Å². The maximum atomic E-state index is 11.3. The SMILES string of the molecule is CC(C)=CCC[C@@H](COS(=O)(=O)[O-])[C@H]1CC[C@H]2[C@@H]3CC[C@H]4C[C@H](OS(=O)(=O)[O-])[C@@H](O)C[C@]4(C)[C@H]3CC[C@]12C.[Na+].[Na+]. The molecule has 13 heteroatoms. The Bertz CT molecular complexity index is 1110. The van der Waals surface area contributed by atoms with E-state index in [1.807, 2.05) is 13.8 Å². The van der Waals surface area contributed by atoms with E-state index in [1.165, 1.54) is 5.57 Å². The van der Waals surface area contributed by atoms with Crippen molar-refractivity contribution in [3.63, 3.8) is 0 Å². The fourth-order valence-corrected chi connectivity index (χ4v) is 10.3. The second-order valence-electron chi connectivity index (χ2n) is 13.2. The van der Waals surface area contributed by atoms with Crippen LogP contribution in [0.3, 0.4) is 0 Å². The van der Waals surface area contributed by atoms with Gasteiger partial charge in [0.25, 0.3) is 0 Å². The second kappa shape index (κ2) is 14.3. The molecule has 4 fully saturated rings. The molecule has 1 N–H and O–H groups in total. The molecule has 0 aromatic rings. The molecule has 4 aliphatic carbocycles. The van der Waals surface area contributed by atoms with Gasteiger partial charge in [-0.3, -0.25) is 8.37 Å². The van der Waals surface area contributed by atoms with E-state index in [4.69, 9.17) is 8.37 Å². The van der Waals surface area contributed by atoms with E-state index in [0.717, 1.165) is 51.4 Å². The molecule has 0 aromatic heterocycles. The summed E-state index contributed by atoms with van der Waals surface area (Å²) in [6.45, 7) is 8.57. The maximum Gasteiger partial charge on any atom is 1.00 e. The maximum absolute atomic E-state index is 11.3. The zero-order valence-corrected chi connectivity index (χ0v) is 30.6. The normalized spacial score (nSPS) is 39.9. The Kier molecular flexibility index (Phi) is 13.4. The average molecular weight is 623 g/mol. The van der Waals surface area contributed by atoms with Crippen molar-refractivity contribution in [2.45, 2.75) is 104 Å². The molecule has 0 aliphatic heterocycles. The first-order chi connectivity index (χ1) is 17.5. The van der Waals surface area contributed by atoms with Gasteiger partial charge in [0.2, 0.25) is 20.8 Å². The molecule has 0 aromatic carbocycles. The molecule has 0 unspecified atom stereocenters. The van der Waals surface area contributed by atoms with E-state index in [0.29, 0.717) is 30.6 Å². The molecule has 4 saturated carbocycles. The van der Waals surface area contributed by atoms with Gasteiger partial charge in [0.1, 0.15) is 6.10 Å². The molecule has 0 amide bonds. The monoisotopic (exact) mass is 622 g/mol. The number of fused-ring (bicyclic) bond motifs is 5. The standard InChI is InChI=1S/C27H46O9S2.2Na/c1-17(2)6-5-7-18(16-35-37(29,30)31)21-10-11-22-20-9-8-19-14-25(36-38(32,33)34)24(28)15-27(19,4)23(20)12-13-26(21,22)3;;/h6,18-25,28H,5,7-16H2,1-4H3,(H,29,30,31)(H,32,33,34);;/q;2*+1/p-2/t18-,19-,20-,21+,22-,23-,24-,25-,26+,27-;;/m0../s1. The molecular formula is C27H44Na2O9S2. The topological polar surface area (TPSA) is 153 Å². The van der Waals surface area contributed by atoms with Crippen LogP contribution in [0.5, 0.6) is 0 Å². The van der Waals surface area contributed by atoms with Gasteiger partial charge in [-0.05, 0) is 124 Å². The molecule has 0 radical (unpaired) electrons. The zero-order valence-electron chi connectivity index (χ0n) is 25.0. The molecule has 4 aliphatic rings. The number of allylic oxidation sites excluding steroid dienone is 2. The third-order valence-electron chi connectivity index (χ3n) is 11.1. The fourth-order valence-electron chi connectivity index (χ4n) is 9.49. The smallest absolute Gasteiger partial charge is 0.726 e. The molecular weight excluding hydrogens is 578 g/mol. The Labute approximate surface area is 285 Å². The fraction of sp³-hybridized carbons (Fsp3) is 0.926. The van der Waals surface area contributed by atoms with Crippen molar-refractivity contribution < 1.29 is 98.5 Å². The van der Waals surface area contributed by atoms with E-state index in [9.17, 15) is 31.0 Å². The van der Waals surface area contributed by atoms with Crippen LogP contribution < -0.4 is 59.1 Å². The number of hydrogen-bond acceptors (Lipinski definition) is 9. The summed E-state index contributed by atoms with van der Waals surface area (Å²) in [7, 11) is -9.64. The Balaban J connectivity index is 0.00000280. The molecule has 10 atom stereocenters. The predicted molar refractivity (Wildman–Crippen MR) is 139 cm³/mol. The minimum atomic E-state index is -4.88. The zero-order chi connectivity index (χ0) is 28.1. The molecule has 9 nitrogen and oxygen atoms in total. The van der Waals surface area contributed by atoms with Gasteiger partial charge >= 0.3 is 59.1 Å². The van der Waals surface area contributed by atoms with Gasteiger partial charge in [-0.25, -0.2) is 16.8 Å². The summed E-state index contributed by atoms with van der Waals surface area (Å²) < 4.78 is 77.1.